The average Bonchev–Trinajstić information content (AvgIpc) is 2.96. The van der Waals surface area contributed by atoms with Crippen LogP contribution in [0.2, 0.25) is 0 Å². The molecule has 100 valence electrons. The minimum atomic E-state index is -0.337. The minimum absolute atomic E-state index is 0. The largest absolute Gasteiger partial charge is 0.450 e. The van der Waals surface area contributed by atoms with Crippen LogP contribution in [0, 0.1) is 29.6 Å². The Morgan fingerprint density at radius 3 is 2.67 bits per heavy atom. The van der Waals surface area contributed by atoms with Gasteiger partial charge in [0.05, 0.1) is 6.61 Å². The van der Waals surface area contributed by atoms with E-state index in [0.29, 0.717) is 13.2 Å². The number of ether oxygens (including phenoxy) is 1. The topological polar surface area (TPSA) is 38.3 Å². The number of hydrogen-bond donors (Lipinski definition) is 1. The maximum Gasteiger partial charge on any atom is 0.407 e. The summed E-state index contributed by atoms with van der Waals surface area (Å²) >= 11 is 0. The van der Waals surface area contributed by atoms with Crippen LogP contribution in [0.25, 0.3) is 0 Å². The summed E-state index contributed by atoms with van der Waals surface area (Å²) in [5.41, 5.74) is 0. The van der Waals surface area contributed by atoms with Crippen molar-refractivity contribution in [1.29, 1.82) is 0 Å². The lowest BCUT2D eigenvalue weighted by Crippen LogP contribution is -2.24. The van der Waals surface area contributed by atoms with Crippen molar-refractivity contribution in [2.45, 2.75) is 32.1 Å². The van der Waals surface area contributed by atoms with Crippen LogP contribution >= 0.6 is 0 Å². The zero-order valence-electron chi connectivity index (χ0n) is 10.8. The Hall–Kier alpha value is -1.43. The van der Waals surface area contributed by atoms with Gasteiger partial charge >= 0.3 is 6.09 Å². The first-order valence-corrected chi connectivity index (χ1v) is 6.80. The van der Waals surface area contributed by atoms with Gasteiger partial charge in [0.2, 0.25) is 0 Å². The molecule has 1 amide bonds. The van der Waals surface area contributed by atoms with Crippen molar-refractivity contribution in [2.24, 2.45) is 17.8 Å². The molecule has 1 saturated carbocycles. The monoisotopic (exact) mass is 249 g/mol. The molecule has 3 heteroatoms. The smallest absolute Gasteiger partial charge is 0.407 e. The lowest BCUT2D eigenvalue weighted by Gasteiger charge is -2.04. The summed E-state index contributed by atoms with van der Waals surface area (Å²) in [4.78, 5) is 11.2. The van der Waals surface area contributed by atoms with E-state index in [1.54, 1.807) is 6.08 Å². The molecule has 3 nitrogen and oxygen atoms in total. The van der Waals surface area contributed by atoms with Crippen molar-refractivity contribution >= 4 is 6.09 Å². The second-order valence-corrected chi connectivity index (χ2v) is 5.02. The molecule has 2 aliphatic carbocycles. The minimum Gasteiger partial charge on any atom is -0.450 e. The van der Waals surface area contributed by atoms with E-state index in [-0.39, 0.29) is 7.52 Å². The van der Waals surface area contributed by atoms with E-state index in [9.17, 15) is 4.79 Å². The molecule has 18 heavy (non-hydrogen) atoms. The fourth-order valence-corrected chi connectivity index (χ4v) is 2.96. The molecule has 0 radical (unpaired) electrons. The molecule has 0 aromatic rings. The van der Waals surface area contributed by atoms with Gasteiger partial charge in [0.1, 0.15) is 0 Å². The molecule has 1 unspecified atom stereocenters. The lowest BCUT2D eigenvalue weighted by molar-refractivity contribution is 0.143. The predicted molar refractivity (Wildman–Crippen MR) is 73.0 cm³/mol. The summed E-state index contributed by atoms with van der Waals surface area (Å²) < 4.78 is 5.13. The van der Waals surface area contributed by atoms with Gasteiger partial charge in [0.15, 0.2) is 0 Å². The molecule has 0 aromatic heterocycles. The highest BCUT2D eigenvalue weighted by Crippen LogP contribution is 2.54. The van der Waals surface area contributed by atoms with Gasteiger partial charge in [-0.15, -0.1) is 18.4 Å². The molecule has 1 fully saturated rings. The van der Waals surface area contributed by atoms with E-state index < -0.39 is 0 Å². The van der Waals surface area contributed by atoms with Crippen molar-refractivity contribution in [2.75, 3.05) is 13.2 Å². The number of amides is 1. The summed E-state index contributed by atoms with van der Waals surface area (Å²) in [5, 5.41) is 2.61. The van der Waals surface area contributed by atoms with Crippen LogP contribution in [0.5, 0.6) is 0 Å². The molecule has 1 N–H and O–H groups in total. The maximum atomic E-state index is 11.2. The number of fused-ring (bicyclic) bond motifs is 1. The third-order valence-corrected chi connectivity index (χ3v) is 3.91. The number of carbonyl (C=O) groups is 1. The molecule has 0 bridgehead atoms. The number of carbonyl (C=O) groups excluding carboxylic acids is 1. The van der Waals surface area contributed by atoms with Crippen LogP contribution in [0.1, 0.15) is 33.5 Å². The van der Waals surface area contributed by atoms with Gasteiger partial charge in [-0.2, -0.15) is 0 Å². The van der Waals surface area contributed by atoms with Gasteiger partial charge in [0.25, 0.3) is 0 Å². The van der Waals surface area contributed by atoms with Crippen LogP contribution < -0.4 is 5.32 Å². The Bertz CT molecular complexity index is 354. The summed E-state index contributed by atoms with van der Waals surface area (Å²) in [5.74, 6) is 8.83. The number of nitrogens with one attached hydrogen (secondary N) is 1. The summed E-state index contributed by atoms with van der Waals surface area (Å²) in [7, 11) is 0. The Kier molecular flexibility index (Phi) is 4.69. The Labute approximate surface area is 110 Å². The van der Waals surface area contributed by atoms with Crippen molar-refractivity contribution in [3.8, 4) is 11.8 Å². The normalized spacial score (nSPS) is 28.8. The zero-order valence-corrected chi connectivity index (χ0v) is 10.8. The molecule has 0 heterocycles. The van der Waals surface area contributed by atoms with Crippen molar-refractivity contribution in [3.05, 3.63) is 12.7 Å². The van der Waals surface area contributed by atoms with Crippen LogP contribution in [-0.2, 0) is 4.74 Å². The van der Waals surface area contributed by atoms with Crippen molar-refractivity contribution in [3.63, 3.8) is 0 Å². The first kappa shape index (κ1) is 13.0. The molecular weight excluding hydrogens is 226 g/mol. The highest BCUT2D eigenvalue weighted by molar-refractivity contribution is 5.67. The standard InChI is InChI=1S/C15H21NO2.H2/c1-2-10-16-15(17)18-11-9-14-12-7-5-3-4-6-8-13(12)14;/h2,12-14H,1,5-11H2,(H,16,17);1H/t12-,13+,14?;. The first-order chi connectivity index (χ1) is 8.83. The van der Waals surface area contributed by atoms with Crippen LogP contribution in [0.15, 0.2) is 12.7 Å². The van der Waals surface area contributed by atoms with Gasteiger partial charge in [-0.25, -0.2) is 4.79 Å². The average molecular weight is 249 g/mol. The summed E-state index contributed by atoms with van der Waals surface area (Å²) in [6, 6.07) is 0. The Balaban J connectivity index is 0.00000180. The second-order valence-electron chi connectivity index (χ2n) is 5.02. The lowest BCUT2D eigenvalue weighted by atomic mass is 10.1. The number of alkyl carbamates (subject to hydrolysis) is 1. The fourth-order valence-electron chi connectivity index (χ4n) is 2.96. The van der Waals surface area contributed by atoms with E-state index in [2.05, 4.69) is 23.7 Å². The molecule has 0 aliphatic heterocycles. The van der Waals surface area contributed by atoms with Crippen molar-refractivity contribution in [1.82, 2.24) is 5.32 Å². The molecule has 2 rings (SSSR count). The number of rotatable bonds is 5. The molecular formula is C15H23NO2. The number of hydrogen-bond acceptors (Lipinski definition) is 2. The SMILES string of the molecule is C=CCNC(=O)OCCC1[C@H]2CCC#CCC[C@@H]12.[HH]. The molecule has 2 aliphatic rings. The second kappa shape index (κ2) is 6.49. The fraction of sp³-hybridized carbons (Fsp3) is 0.667. The van der Waals surface area contributed by atoms with Crippen LogP contribution in [-0.4, -0.2) is 19.2 Å². The van der Waals surface area contributed by atoms with Crippen molar-refractivity contribution < 1.29 is 11.0 Å². The maximum absolute atomic E-state index is 11.2. The molecule has 0 saturated heterocycles. The highest BCUT2D eigenvalue weighted by atomic mass is 16.5. The van der Waals surface area contributed by atoms with E-state index >= 15 is 0 Å². The Morgan fingerprint density at radius 1 is 1.39 bits per heavy atom. The summed E-state index contributed by atoms with van der Waals surface area (Å²) in [6.07, 6.45) is 6.84. The van der Waals surface area contributed by atoms with E-state index in [1.807, 2.05) is 0 Å². The van der Waals surface area contributed by atoms with E-state index in [1.165, 1.54) is 12.8 Å². The third-order valence-electron chi connectivity index (χ3n) is 3.91. The van der Waals surface area contributed by atoms with Gasteiger partial charge in [-0.1, -0.05) is 6.08 Å². The van der Waals surface area contributed by atoms with E-state index in [4.69, 9.17) is 4.74 Å². The third kappa shape index (κ3) is 3.53. The molecule has 0 spiro atoms. The highest BCUT2D eigenvalue weighted by Gasteiger charge is 2.47. The van der Waals surface area contributed by atoms with Crippen LogP contribution in [0.3, 0.4) is 0 Å². The quantitative estimate of drug-likeness (QED) is 0.601. The first-order valence-electron chi connectivity index (χ1n) is 6.80. The zero-order chi connectivity index (χ0) is 12.8. The molecule has 0 aromatic carbocycles. The Morgan fingerprint density at radius 2 is 2.06 bits per heavy atom. The molecule has 3 atom stereocenters. The van der Waals surface area contributed by atoms with Gasteiger partial charge in [-0.3, -0.25) is 0 Å². The van der Waals surface area contributed by atoms with Gasteiger partial charge in [-0.05, 0) is 37.0 Å². The van der Waals surface area contributed by atoms with Gasteiger partial charge < -0.3 is 10.1 Å². The van der Waals surface area contributed by atoms with Crippen LogP contribution in [0.4, 0.5) is 4.79 Å². The summed E-state index contributed by atoms with van der Waals surface area (Å²) in [6.45, 7) is 4.53. The van der Waals surface area contributed by atoms with E-state index in [0.717, 1.165) is 37.0 Å². The van der Waals surface area contributed by atoms with Gasteiger partial charge in [0, 0.05) is 20.8 Å². The predicted octanol–water partition coefficient (Wildman–Crippen LogP) is 2.97.